The van der Waals surface area contributed by atoms with E-state index < -0.39 is 5.91 Å². The highest BCUT2D eigenvalue weighted by Gasteiger charge is 2.13. The molecule has 0 fully saturated rings. The lowest BCUT2D eigenvalue weighted by atomic mass is 10.2. The third-order valence-electron chi connectivity index (χ3n) is 4.15. The summed E-state index contributed by atoms with van der Waals surface area (Å²) in [7, 11) is 0. The molecule has 8 heteroatoms. The van der Waals surface area contributed by atoms with E-state index in [-0.39, 0.29) is 12.3 Å². The molecule has 2 aromatic carbocycles. The number of hydrazine groups is 1. The minimum absolute atomic E-state index is 0.181. The minimum Gasteiger partial charge on any atom is -0.493 e. The molecule has 0 aliphatic carbocycles. The highest BCUT2D eigenvalue weighted by atomic mass is 35.5. The molecule has 0 radical (unpaired) electrons. The molecule has 162 valence electrons. The van der Waals surface area contributed by atoms with E-state index in [1.165, 1.54) is 0 Å². The number of para-hydroxylation sites is 1. The van der Waals surface area contributed by atoms with Crippen molar-refractivity contribution < 1.29 is 19.1 Å². The van der Waals surface area contributed by atoms with E-state index in [0.29, 0.717) is 46.7 Å². The van der Waals surface area contributed by atoms with Crippen molar-refractivity contribution in [1.82, 2.24) is 10.9 Å². The zero-order valence-electron chi connectivity index (χ0n) is 16.9. The van der Waals surface area contributed by atoms with Gasteiger partial charge in [-0.3, -0.25) is 20.4 Å². The van der Waals surface area contributed by atoms with Crippen LogP contribution in [-0.2, 0) is 4.79 Å². The number of carbonyl (C=O) groups excluding carboxylic acids is 2. The van der Waals surface area contributed by atoms with Crippen LogP contribution in [0.25, 0.3) is 0 Å². The molecule has 30 heavy (non-hydrogen) atoms. The Morgan fingerprint density at radius 2 is 1.63 bits per heavy atom. The Kier molecular flexibility index (Phi) is 10.3. The molecule has 0 heterocycles. The number of unbranched alkanes of at least 4 members (excludes halogenated alkanes) is 2. The smallest absolute Gasteiger partial charge is 0.273 e. The van der Waals surface area contributed by atoms with Crippen molar-refractivity contribution in [3.63, 3.8) is 0 Å². The molecule has 2 aromatic rings. The maximum absolute atomic E-state index is 12.4. The van der Waals surface area contributed by atoms with Crippen LogP contribution in [0.1, 0.15) is 49.4 Å². The lowest BCUT2D eigenvalue weighted by Crippen LogP contribution is -2.41. The van der Waals surface area contributed by atoms with Crippen molar-refractivity contribution in [3.05, 3.63) is 58.1 Å². The fourth-order valence-electron chi connectivity index (χ4n) is 2.58. The quantitative estimate of drug-likeness (QED) is 0.363. The van der Waals surface area contributed by atoms with Gasteiger partial charge in [0.1, 0.15) is 11.5 Å². The van der Waals surface area contributed by atoms with Crippen LogP contribution in [0.15, 0.2) is 42.5 Å². The fraction of sp³-hybridized carbons (Fsp3) is 0.364. The number of nitrogens with one attached hydrogen (secondary N) is 2. The topological polar surface area (TPSA) is 76.7 Å². The number of hydrogen-bond donors (Lipinski definition) is 2. The third kappa shape index (κ3) is 8.13. The molecule has 0 atom stereocenters. The summed E-state index contributed by atoms with van der Waals surface area (Å²) in [6.07, 6.45) is 3.72. The average molecular weight is 453 g/mol. The molecule has 0 aromatic heterocycles. The zero-order chi connectivity index (χ0) is 21.8. The molecule has 0 spiro atoms. The van der Waals surface area contributed by atoms with E-state index in [1.807, 2.05) is 0 Å². The van der Waals surface area contributed by atoms with Crippen molar-refractivity contribution in [2.75, 3.05) is 13.2 Å². The molecule has 0 unspecified atom stereocenters. The summed E-state index contributed by atoms with van der Waals surface area (Å²) in [6, 6.07) is 11.9. The van der Waals surface area contributed by atoms with E-state index in [4.69, 9.17) is 32.7 Å². The zero-order valence-corrected chi connectivity index (χ0v) is 18.4. The van der Waals surface area contributed by atoms with Gasteiger partial charge in [-0.15, -0.1) is 0 Å². The lowest BCUT2D eigenvalue weighted by Gasteiger charge is -2.12. The Balaban J connectivity index is 1.72. The molecule has 0 saturated carbocycles. The van der Waals surface area contributed by atoms with Crippen molar-refractivity contribution in [3.8, 4) is 11.5 Å². The summed E-state index contributed by atoms with van der Waals surface area (Å²) in [6.45, 7) is 2.96. The monoisotopic (exact) mass is 452 g/mol. The van der Waals surface area contributed by atoms with E-state index in [1.54, 1.807) is 42.5 Å². The Morgan fingerprint density at radius 3 is 2.40 bits per heavy atom. The summed E-state index contributed by atoms with van der Waals surface area (Å²) < 4.78 is 11.2. The van der Waals surface area contributed by atoms with Crippen LogP contribution in [-0.4, -0.2) is 25.0 Å². The van der Waals surface area contributed by atoms with E-state index >= 15 is 0 Å². The van der Waals surface area contributed by atoms with Crippen LogP contribution in [0.2, 0.25) is 10.0 Å². The Bertz CT molecular complexity index is 846. The van der Waals surface area contributed by atoms with Crippen LogP contribution < -0.4 is 20.3 Å². The van der Waals surface area contributed by atoms with Crippen molar-refractivity contribution in [2.45, 2.75) is 39.0 Å². The normalized spacial score (nSPS) is 10.4. The minimum atomic E-state index is -0.432. The van der Waals surface area contributed by atoms with Crippen LogP contribution in [0.5, 0.6) is 11.5 Å². The number of amides is 2. The Hall–Kier alpha value is -2.44. The average Bonchev–Trinajstić information content (AvgIpc) is 2.74. The Morgan fingerprint density at radius 1 is 0.900 bits per heavy atom. The third-order valence-corrected chi connectivity index (χ3v) is 4.68. The standard InChI is InChI=1S/C22H26Cl2N2O4/c1-2-3-6-13-29-19-9-5-4-8-17(19)22(28)26-25-21(27)10-7-14-30-20-12-11-16(23)15-18(20)24/h4-5,8-9,11-12,15H,2-3,6-7,10,13-14H2,1H3,(H,25,27)(H,26,28). The SMILES string of the molecule is CCCCCOc1ccccc1C(=O)NNC(=O)CCCOc1ccc(Cl)cc1Cl. The predicted molar refractivity (Wildman–Crippen MR) is 118 cm³/mol. The highest BCUT2D eigenvalue weighted by molar-refractivity contribution is 6.35. The molecular formula is C22H26Cl2N2O4. The van der Waals surface area contributed by atoms with Crippen LogP contribution in [0.4, 0.5) is 0 Å². The second kappa shape index (κ2) is 13.0. The molecular weight excluding hydrogens is 427 g/mol. The molecule has 0 aliphatic rings. The van der Waals surface area contributed by atoms with E-state index in [9.17, 15) is 9.59 Å². The maximum Gasteiger partial charge on any atom is 0.273 e. The predicted octanol–water partition coefficient (Wildman–Crippen LogP) is 5.18. The highest BCUT2D eigenvalue weighted by Crippen LogP contribution is 2.27. The molecule has 0 bridgehead atoms. The first-order valence-electron chi connectivity index (χ1n) is 9.90. The van der Waals surface area contributed by atoms with Crippen molar-refractivity contribution in [1.29, 1.82) is 0 Å². The van der Waals surface area contributed by atoms with Gasteiger partial charge in [0.25, 0.3) is 5.91 Å². The van der Waals surface area contributed by atoms with Crippen LogP contribution >= 0.6 is 23.2 Å². The largest absolute Gasteiger partial charge is 0.493 e. The van der Waals surface area contributed by atoms with Gasteiger partial charge in [-0.25, -0.2) is 0 Å². The first-order valence-corrected chi connectivity index (χ1v) is 10.7. The van der Waals surface area contributed by atoms with Gasteiger partial charge in [-0.1, -0.05) is 55.1 Å². The van der Waals surface area contributed by atoms with Gasteiger partial charge < -0.3 is 9.47 Å². The number of rotatable bonds is 11. The summed E-state index contributed by atoms with van der Waals surface area (Å²) in [5.74, 6) is 0.244. The lowest BCUT2D eigenvalue weighted by molar-refractivity contribution is -0.122. The molecule has 2 N–H and O–H groups in total. The summed E-state index contributed by atoms with van der Waals surface area (Å²) in [4.78, 5) is 24.4. The second-order valence-corrected chi connectivity index (χ2v) is 7.42. The molecule has 2 rings (SSSR count). The van der Waals surface area contributed by atoms with Crippen molar-refractivity contribution in [2.24, 2.45) is 0 Å². The molecule has 0 aliphatic heterocycles. The van der Waals surface area contributed by atoms with E-state index in [2.05, 4.69) is 17.8 Å². The van der Waals surface area contributed by atoms with Gasteiger partial charge in [0.15, 0.2) is 0 Å². The van der Waals surface area contributed by atoms with Gasteiger partial charge in [0.2, 0.25) is 5.91 Å². The molecule has 6 nitrogen and oxygen atoms in total. The number of carbonyl (C=O) groups is 2. The summed E-state index contributed by atoms with van der Waals surface area (Å²) in [5.41, 5.74) is 5.20. The number of halogens is 2. The molecule has 0 saturated heterocycles. The number of ether oxygens (including phenoxy) is 2. The first-order chi connectivity index (χ1) is 14.5. The number of hydrogen-bond acceptors (Lipinski definition) is 4. The van der Waals surface area contributed by atoms with Gasteiger partial charge in [-0.05, 0) is 43.2 Å². The molecule has 2 amide bonds. The maximum atomic E-state index is 12.4. The van der Waals surface area contributed by atoms with Gasteiger partial charge in [-0.2, -0.15) is 0 Å². The van der Waals surface area contributed by atoms with Crippen molar-refractivity contribution >= 4 is 35.0 Å². The summed E-state index contributed by atoms with van der Waals surface area (Å²) in [5, 5.41) is 0.935. The van der Waals surface area contributed by atoms with Gasteiger partial charge >= 0.3 is 0 Å². The fourth-order valence-corrected chi connectivity index (χ4v) is 3.04. The first kappa shape index (κ1) is 23.8. The Labute approximate surface area is 186 Å². The number of benzene rings is 2. The second-order valence-electron chi connectivity index (χ2n) is 6.58. The van der Waals surface area contributed by atoms with Gasteiger partial charge in [0.05, 0.1) is 23.8 Å². The summed E-state index contributed by atoms with van der Waals surface area (Å²) >= 11 is 11.9. The van der Waals surface area contributed by atoms with Crippen LogP contribution in [0, 0.1) is 0 Å². The van der Waals surface area contributed by atoms with Crippen LogP contribution in [0.3, 0.4) is 0 Å². The van der Waals surface area contributed by atoms with Gasteiger partial charge in [0, 0.05) is 11.4 Å². The van der Waals surface area contributed by atoms with E-state index in [0.717, 1.165) is 19.3 Å².